The standard InChI is InChI=1S/C18H14ClNO6S/c19-14-3-1-2-4-15(14)27-18(10-9-16(21)26-18)17(22)25-11-12-5-7-13(8-6-12)20(23)24/h1-8H,9-11H2. The van der Waals surface area contributed by atoms with Gasteiger partial charge in [-0.1, -0.05) is 35.5 Å². The van der Waals surface area contributed by atoms with E-state index >= 15 is 0 Å². The maximum absolute atomic E-state index is 12.7. The summed E-state index contributed by atoms with van der Waals surface area (Å²) in [5.74, 6) is -1.18. The number of hydrogen-bond donors (Lipinski definition) is 0. The van der Waals surface area contributed by atoms with Gasteiger partial charge in [0.2, 0.25) is 0 Å². The lowest BCUT2D eigenvalue weighted by Gasteiger charge is -2.25. The van der Waals surface area contributed by atoms with Crippen molar-refractivity contribution in [2.24, 2.45) is 0 Å². The molecule has 1 atom stereocenters. The summed E-state index contributed by atoms with van der Waals surface area (Å²) in [4.78, 5) is 33.7. The van der Waals surface area contributed by atoms with Crippen molar-refractivity contribution >= 4 is 41.0 Å². The summed E-state index contributed by atoms with van der Waals surface area (Å²) in [6, 6.07) is 12.6. The number of hydrogen-bond acceptors (Lipinski definition) is 7. The first-order chi connectivity index (χ1) is 12.9. The van der Waals surface area contributed by atoms with E-state index in [0.29, 0.717) is 15.5 Å². The summed E-state index contributed by atoms with van der Waals surface area (Å²) in [6.07, 6.45) is 0.269. The molecule has 7 nitrogen and oxygen atoms in total. The van der Waals surface area contributed by atoms with Crippen LogP contribution in [-0.4, -0.2) is 21.8 Å². The molecule has 1 heterocycles. The molecule has 2 aromatic carbocycles. The number of thioether (sulfide) groups is 1. The highest BCUT2D eigenvalue weighted by Crippen LogP contribution is 2.45. The molecule has 0 bridgehead atoms. The van der Waals surface area contributed by atoms with Gasteiger partial charge in [-0.3, -0.25) is 14.9 Å². The topological polar surface area (TPSA) is 95.7 Å². The highest BCUT2D eigenvalue weighted by Gasteiger charge is 2.50. The Morgan fingerprint density at radius 3 is 2.56 bits per heavy atom. The molecule has 0 aromatic heterocycles. The van der Waals surface area contributed by atoms with E-state index in [-0.39, 0.29) is 25.1 Å². The van der Waals surface area contributed by atoms with Gasteiger partial charge in [0.1, 0.15) is 6.61 Å². The molecule has 9 heteroatoms. The normalized spacial score (nSPS) is 18.8. The quantitative estimate of drug-likeness (QED) is 0.403. The number of rotatable bonds is 6. The number of halogens is 1. The van der Waals surface area contributed by atoms with Crippen LogP contribution >= 0.6 is 23.4 Å². The molecule has 0 spiro atoms. The van der Waals surface area contributed by atoms with Gasteiger partial charge in [0.25, 0.3) is 10.6 Å². The van der Waals surface area contributed by atoms with Crippen LogP contribution in [0.15, 0.2) is 53.4 Å². The van der Waals surface area contributed by atoms with Gasteiger partial charge in [0.05, 0.1) is 16.4 Å². The van der Waals surface area contributed by atoms with Crippen LogP contribution in [0, 0.1) is 10.1 Å². The summed E-state index contributed by atoms with van der Waals surface area (Å²) in [7, 11) is 0. The predicted octanol–water partition coefficient (Wildman–Crippen LogP) is 4.12. The van der Waals surface area contributed by atoms with E-state index < -0.39 is 21.8 Å². The van der Waals surface area contributed by atoms with Crippen molar-refractivity contribution in [2.75, 3.05) is 0 Å². The molecule has 1 fully saturated rings. The number of nitro benzene ring substituents is 1. The van der Waals surface area contributed by atoms with Crippen molar-refractivity contribution in [3.63, 3.8) is 0 Å². The van der Waals surface area contributed by atoms with E-state index in [1.54, 1.807) is 24.3 Å². The van der Waals surface area contributed by atoms with Crippen LogP contribution in [0.4, 0.5) is 5.69 Å². The van der Waals surface area contributed by atoms with E-state index in [1.165, 1.54) is 24.3 Å². The van der Waals surface area contributed by atoms with Crippen LogP contribution in [0.1, 0.15) is 18.4 Å². The molecule has 0 aliphatic carbocycles. The molecule has 27 heavy (non-hydrogen) atoms. The van der Waals surface area contributed by atoms with Crippen LogP contribution in [-0.2, 0) is 25.7 Å². The monoisotopic (exact) mass is 407 g/mol. The zero-order chi connectivity index (χ0) is 19.4. The van der Waals surface area contributed by atoms with E-state index in [1.807, 2.05) is 0 Å². The second kappa shape index (κ2) is 7.98. The summed E-state index contributed by atoms with van der Waals surface area (Å²) < 4.78 is 10.6. The van der Waals surface area contributed by atoms with Gasteiger partial charge in [0.15, 0.2) is 0 Å². The Labute approximate surface area is 163 Å². The smallest absolute Gasteiger partial charge is 0.362 e. The SMILES string of the molecule is O=C1CCC(Sc2ccccc2Cl)(C(=O)OCc2ccc([N+](=O)[O-])cc2)O1. The van der Waals surface area contributed by atoms with Crippen molar-refractivity contribution in [3.8, 4) is 0 Å². The number of benzene rings is 2. The average molecular weight is 408 g/mol. The van der Waals surface area contributed by atoms with Gasteiger partial charge in [-0.2, -0.15) is 0 Å². The average Bonchev–Trinajstić information content (AvgIpc) is 3.04. The summed E-state index contributed by atoms with van der Waals surface area (Å²) in [5, 5.41) is 11.1. The highest BCUT2D eigenvalue weighted by atomic mass is 35.5. The fourth-order valence-electron chi connectivity index (χ4n) is 2.49. The predicted molar refractivity (Wildman–Crippen MR) is 98.3 cm³/mol. The lowest BCUT2D eigenvalue weighted by molar-refractivity contribution is -0.384. The molecule has 0 amide bonds. The largest absolute Gasteiger partial charge is 0.457 e. The van der Waals surface area contributed by atoms with E-state index in [9.17, 15) is 19.7 Å². The molecule has 0 radical (unpaired) electrons. The zero-order valence-corrected chi connectivity index (χ0v) is 15.5. The van der Waals surface area contributed by atoms with Gasteiger partial charge in [-0.25, -0.2) is 4.79 Å². The number of cyclic esters (lactones) is 1. The molecule has 140 valence electrons. The Kier molecular flexibility index (Phi) is 5.67. The lowest BCUT2D eigenvalue weighted by atomic mass is 10.2. The molecule has 1 saturated heterocycles. The Hall–Kier alpha value is -2.58. The first kappa shape index (κ1) is 19.2. The number of carbonyl (C=O) groups is 2. The lowest BCUT2D eigenvalue weighted by Crippen LogP contribution is -2.36. The third-order valence-corrected chi connectivity index (χ3v) is 5.68. The van der Waals surface area contributed by atoms with Crippen molar-refractivity contribution < 1.29 is 24.0 Å². The first-order valence-electron chi connectivity index (χ1n) is 7.95. The van der Waals surface area contributed by atoms with E-state index in [4.69, 9.17) is 21.1 Å². The van der Waals surface area contributed by atoms with Crippen LogP contribution in [0.2, 0.25) is 5.02 Å². The number of non-ortho nitro benzene ring substituents is 1. The van der Waals surface area contributed by atoms with Crippen molar-refractivity contribution in [1.82, 2.24) is 0 Å². The number of esters is 2. The molecular formula is C18H14ClNO6S. The van der Waals surface area contributed by atoms with Crippen LogP contribution < -0.4 is 0 Å². The molecule has 1 unspecified atom stereocenters. The molecule has 3 rings (SSSR count). The van der Waals surface area contributed by atoms with Crippen molar-refractivity contribution in [3.05, 3.63) is 69.2 Å². The first-order valence-corrected chi connectivity index (χ1v) is 9.15. The summed E-state index contributed by atoms with van der Waals surface area (Å²) in [5.41, 5.74) is 0.525. The van der Waals surface area contributed by atoms with Gasteiger partial charge >= 0.3 is 11.9 Å². The third-order valence-electron chi connectivity index (χ3n) is 3.88. The second-order valence-electron chi connectivity index (χ2n) is 5.76. The van der Waals surface area contributed by atoms with Gasteiger partial charge < -0.3 is 9.47 Å². The Morgan fingerprint density at radius 2 is 1.96 bits per heavy atom. The van der Waals surface area contributed by atoms with Gasteiger partial charge in [-0.05, 0) is 29.8 Å². The number of nitro groups is 1. The van der Waals surface area contributed by atoms with Crippen LogP contribution in [0.5, 0.6) is 0 Å². The summed E-state index contributed by atoms with van der Waals surface area (Å²) in [6.45, 7) is -0.0980. The van der Waals surface area contributed by atoms with Crippen LogP contribution in [0.3, 0.4) is 0 Å². The van der Waals surface area contributed by atoms with E-state index in [0.717, 1.165) is 11.8 Å². The Bertz CT molecular complexity index is 888. The number of ether oxygens (including phenoxy) is 2. The van der Waals surface area contributed by atoms with Crippen LogP contribution in [0.25, 0.3) is 0 Å². The molecule has 0 N–H and O–H groups in total. The minimum Gasteiger partial charge on any atom is -0.457 e. The van der Waals surface area contributed by atoms with Crippen molar-refractivity contribution in [2.45, 2.75) is 29.3 Å². The molecule has 0 saturated carbocycles. The molecule has 1 aliphatic heterocycles. The zero-order valence-electron chi connectivity index (χ0n) is 13.9. The second-order valence-corrected chi connectivity index (χ2v) is 7.47. The molecule has 1 aliphatic rings. The highest BCUT2D eigenvalue weighted by molar-refractivity contribution is 8.01. The number of nitrogens with zero attached hydrogens (tertiary/aromatic N) is 1. The maximum atomic E-state index is 12.7. The maximum Gasteiger partial charge on any atom is 0.362 e. The molecule has 2 aromatic rings. The minimum absolute atomic E-state index is 0.0551. The van der Waals surface area contributed by atoms with Gasteiger partial charge in [0, 0.05) is 23.4 Å². The molecular weight excluding hydrogens is 394 g/mol. The van der Waals surface area contributed by atoms with E-state index in [2.05, 4.69) is 0 Å². The Balaban J connectivity index is 1.73. The number of carbonyl (C=O) groups excluding carboxylic acids is 2. The Morgan fingerprint density at radius 1 is 1.26 bits per heavy atom. The minimum atomic E-state index is -1.50. The van der Waals surface area contributed by atoms with Gasteiger partial charge in [-0.15, -0.1) is 0 Å². The fourth-order valence-corrected chi connectivity index (χ4v) is 3.89. The summed E-state index contributed by atoms with van der Waals surface area (Å²) >= 11 is 7.19. The van der Waals surface area contributed by atoms with Crippen molar-refractivity contribution in [1.29, 1.82) is 0 Å². The fraction of sp³-hybridized carbons (Fsp3) is 0.222. The third kappa shape index (κ3) is 4.40.